The van der Waals surface area contributed by atoms with E-state index in [0.29, 0.717) is 16.9 Å². The molecule has 3 aromatic rings. The average Bonchev–Trinajstić information content (AvgIpc) is 2.96. The van der Waals surface area contributed by atoms with Gasteiger partial charge < -0.3 is 21.5 Å². The van der Waals surface area contributed by atoms with Gasteiger partial charge in [0.05, 0.1) is 5.69 Å². The number of halogens is 3. The highest BCUT2D eigenvalue weighted by Gasteiger charge is 2.13. The van der Waals surface area contributed by atoms with Gasteiger partial charge in [0.2, 0.25) is 4.80 Å². The molecular weight excluding hydrogens is 570 g/mol. The predicted octanol–water partition coefficient (Wildman–Crippen LogP) is 2.49. The lowest BCUT2D eigenvalue weighted by atomic mass is 10.1. The highest BCUT2D eigenvalue weighted by molar-refractivity contribution is 9.10. The first-order valence-corrected chi connectivity index (χ1v) is 10.6. The van der Waals surface area contributed by atoms with Crippen LogP contribution in [0.3, 0.4) is 0 Å². The Bertz CT molecular complexity index is 1060. The number of aromatic nitrogens is 1. The Morgan fingerprint density at radius 3 is 2.57 bits per heavy atom. The molecule has 3 rings (SSSR count). The third-order valence-electron chi connectivity index (χ3n) is 3.85. The first-order valence-electron chi connectivity index (χ1n) is 8.16. The Balaban J connectivity index is 0.00000280. The van der Waals surface area contributed by atoms with Crippen LogP contribution >= 0.6 is 43.2 Å². The van der Waals surface area contributed by atoms with Crippen LogP contribution in [0, 0.1) is 6.92 Å². The Hall–Kier alpha value is -1.48. The number of thiazole rings is 1. The molecule has 0 bridgehead atoms. The maximum Gasteiger partial charge on any atom is 0.271 e. The third-order valence-corrected chi connectivity index (χ3v) is 5.86. The van der Waals surface area contributed by atoms with Crippen LogP contribution in [0.25, 0.3) is 11.3 Å². The quantitative estimate of drug-likeness (QED) is 0.363. The molecule has 0 fully saturated rings. The maximum absolute atomic E-state index is 12.4. The molecule has 0 aliphatic rings. The summed E-state index contributed by atoms with van der Waals surface area (Å²) in [6.45, 7) is 6.50. The number of hydrogen-bond donors (Lipinski definition) is 1. The number of aryl methyl sites for hydroxylation is 1. The third kappa shape index (κ3) is 5.31. The maximum atomic E-state index is 12.4. The minimum Gasteiger partial charge on any atom is -1.00 e. The Morgan fingerprint density at radius 2 is 1.93 bits per heavy atom. The van der Waals surface area contributed by atoms with Crippen molar-refractivity contribution in [3.8, 4) is 11.3 Å². The molecule has 0 atom stereocenters. The van der Waals surface area contributed by atoms with E-state index in [-0.39, 0.29) is 22.9 Å². The summed E-state index contributed by atoms with van der Waals surface area (Å²) >= 11 is 8.38. The second kappa shape index (κ2) is 10.3. The van der Waals surface area contributed by atoms with Crippen molar-refractivity contribution in [2.75, 3.05) is 0 Å². The van der Waals surface area contributed by atoms with Gasteiger partial charge in [-0.15, -0.1) is 11.7 Å². The molecule has 0 unspecified atom stereocenters. The zero-order valence-corrected chi connectivity index (χ0v) is 20.5. The molecule has 0 spiro atoms. The number of amides is 1. The second-order valence-electron chi connectivity index (χ2n) is 5.76. The van der Waals surface area contributed by atoms with Crippen LogP contribution < -0.4 is 27.2 Å². The summed E-state index contributed by atoms with van der Waals surface area (Å²) in [5.41, 5.74) is 5.36. The van der Waals surface area contributed by atoms with Crippen LogP contribution in [0.15, 0.2) is 75.2 Å². The first-order chi connectivity index (χ1) is 13.0. The van der Waals surface area contributed by atoms with Crippen molar-refractivity contribution in [3.05, 3.63) is 85.4 Å². The summed E-state index contributed by atoms with van der Waals surface area (Å²) in [5, 5.41) is 4.36. The average molecular weight is 587 g/mol. The number of benzene rings is 2. The number of carbonyl (C=O) groups is 1. The van der Waals surface area contributed by atoms with E-state index in [4.69, 9.17) is 0 Å². The van der Waals surface area contributed by atoms with Crippen LogP contribution in [0.5, 0.6) is 0 Å². The molecule has 8 heteroatoms. The molecule has 0 saturated carbocycles. The van der Waals surface area contributed by atoms with Crippen LogP contribution in [0.4, 0.5) is 0 Å². The normalized spacial score (nSPS) is 11.0. The van der Waals surface area contributed by atoms with E-state index < -0.39 is 0 Å². The fraction of sp³-hybridized carbons (Fsp3) is 0.100. The molecule has 0 aliphatic carbocycles. The SMILES string of the molecule is C=CCn1c(-c2ccc(Br)cc2)c(C)s/c1=N/NC(=O)c1cccc(Br)c1.[Br-]. The first kappa shape index (κ1) is 22.8. The number of rotatable bonds is 5. The molecule has 4 nitrogen and oxygen atoms in total. The van der Waals surface area contributed by atoms with Gasteiger partial charge in [-0.2, -0.15) is 0 Å². The summed E-state index contributed by atoms with van der Waals surface area (Å²) in [7, 11) is 0. The van der Waals surface area contributed by atoms with E-state index in [1.165, 1.54) is 11.3 Å². The van der Waals surface area contributed by atoms with Gasteiger partial charge in [-0.05, 0) is 42.8 Å². The van der Waals surface area contributed by atoms with Crippen LogP contribution in [-0.4, -0.2) is 10.5 Å². The molecule has 0 radical (unpaired) electrons. The van der Waals surface area contributed by atoms with Gasteiger partial charge in [0.25, 0.3) is 5.91 Å². The van der Waals surface area contributed by atoms with Gasteiger partial charge in [0.15, 0.2) is 0 Å². The lowest BCUT2D eigenvalue weighted by Crippen LogP contribution is -3.00. The monoisotopic (exact) mass is 584 g/mol. The van der Waals surface area contributed by atoms with Crippen molar-refractivity contribution in [2.45, 2.75) is 13.5 Å². The van der Waals surface area contributed by atoms with Crippen molar-refractivity contribution in [1.29, 1.82) is 0 Å². The van der Waals surface area contributed by atoms with Crippen LogP contribution in [0.2, 0.25) is 0 Å². The molecule has 1 heterocycles. The summed E-state index contributed by atoms with van der Waals surface area (Å²) in [6.07, 6.45) is 1.82. The summed E-state index contributed by atoms with van der Waals surface area (Å²) in [6, 6.07) is 15.3. The lowest BCUT2D eigenvalue weighted by molar-refractivity contribution is -0.0000134. The van der Waals surface area contributed by atoms with Crippen molar-refractivity contribution < 1.29 is 21.8 Å². The van der Waals surface area contributed by atoms with Crippen molar-refractivity contribution in [3.63, 3.8) is 0 Å². The Kier molecular flexibility index (Phi) is 8.42. The van der Waals surface area contributed by atoms with Gasteiger partial charge in [-0.1, -0.05) is 67.5 Å². The zero-order valence-electron chi connectivity index (χ0n) is 15.0. The van der Waals surface area contributed by atoms with Crippen molar-refractivity contribution in [1.82, 2.24) is 9.99 Å². The number of carbonyl (C=O) groups excluding carboxylic acids is 1. The fourth-order valence-corrected chi connectivity index (χ4v) is 4.30. The van der Waals surface area contributed by atoms with Gasteiger partial charge in [-0.25, -0.2) is 5.43 Å². The van der Waals surface area contributed by atoms with E-state index >= 15 is 0 Å². The fourth-order valence-electron chi connectivity index (χ4n) is 2.67. The molecule has 1 aromatic heterocycles. The molecule has 146 valence electrons. The van der Waals surface area contributed by atoms with E-state index in [9.17, 15) is 4.79 Å². The largest absolute Gasteiger partial charge is 1.00 e. The van der Waals surface area contributed by atoms with E-state index in [0.717, 1.165) is 25.1 Å². The Morgan fingerprint density at radius 1 is 1.21 bits per heavy atom. The highest BCUT2D eigenvalue weighted by atomic mass is 79.9. The summed E-state index contributed by atoms with van der Waals surface area (Å²) in [4.78, 5) is 14.2. The van der Waals surface area contributed by atoms with E-state index in [2.05, 4.69) is 72.6 Å². The zero-order chi connectivity index (χ0) is 19.4. The molecule has 0 aliphatic heterocycles. The molecule has 1 amide bonds. The van der Waals surface area contributed by atoms with Crippen LogP contribution in [-0.2, 0) is 6.54 Å². The van der Waals surface area contributed by atoms with Crippen molar-refractivity contribution >= 4 is 49.1 Å². The molecule has 0 saturated heterocycles. The minimum atomic E-state index is -0.252. The molecule has 2 aromatic carbocycles. The topological polar surface area (TPSA) is 46.4 Å². The van der Waals surface area contributed by atoms with Gasteiger partial charge >= 0.3 is 0 Å². The number of nitrogens with zero attached hydrogens (tertiary/aromatic N) is 2. The highest BCUT2D eigenvalue weighted by Crippen LogP contribution is 2.26. The molecule has 1 N–H and O–H groups in total. The number of nitrogens with one attached hydrogen (secondary N) is 1. The van der Waals surface area contributed by atoms with E-state index in [1.54, 1.807) is 12.1 Å². The number of hydrogen-bond acceptors (Lipinski definition) is 3. The summed E-state index contributed by atoms with van der Waals surface area (Å²) in [5.74, 6) is -0.252. The second-order valence-corrected chi connectivity index (χ2v) is 8.77. The standard InChI is InChI=1S/C20H17Br2N3OS.BrH/c1-3-11-25-18(14-7-9-16(21)10-8-14)13(2)27-20(25)24-23-19(26)15-5-4-6-17(22)12-15;/h3-10,12H,1,11H2,2H3,(H,23,26);1H/p-1/b24-20+;. The van der Waals surface area contributed by atoms with E-state index in [1.807, 2.05) is 30.3 Å². The Labute approximate surface area is 195 Å². The van der Waals surface area contributed by atoms with Gasteiger partial charge in [-0.3, -0.25) is 4.79 Å². The predicted molar refractivity (Wildman–Crippen MR) is 118 cm³/mol. The van der Waals surface area contributed by atoms with Crippen LogP contribution in [0.1, 0.15) is 15.2 Å². The lowest BCUT2D eigenvalue weighted by Gasteiger charge is -2.08. The van der Waals surface area contributed by atoms with Gasteiger partial charge in [0.1, 0.15) is 0 Å². The molecular formula is C20H17Br3N3OS-. The smallest absolute Gasteiger partial charge is 0.271 e. The minimum absolute atomic E-state index is 0. The van der Waals surface area contributed by atoms with Gasteiger partial charge in [0, 0.05) is 25.9 Å². The number of allylic oxidation sites excluding steroid dienone is 1. The van der Waals surface area contributed by atoms with Crippen molar-refractivity contribution in [2.24, 2.45) is 5.10 Å². The molecule has 28 heavy (non-hydrogen) atoms. The summed E-state index contributed by atoms with van der Waals surface area (Å²) < 4.78 is 3.93.